The second-order valence-corrected chi connectivity index (χ2v) is 5.35. The summed E-state index contributed by atoms with van der Waals surface area (Å²) in [6.07, 6.45) is 2.10. The van der Waals surface area contributed by atoms with Crippen molar-refractivity contribution in [3.8, 4) is 0 Å². The lowest BCUT2D eigenvalue weighted by Crippen LogP contribution is -2.60. The largest absolute Gasteiger partial charge is 0.389 e. The Labute approximate surface area is 122 Å². The predicted octanol–water partition coefficient (Wildman–Crippen LogP) is -0.187. The molecule has 0 atom stereocenters. The molecule has 1 aromatic rings. The van der Waals surface area contributed by atoms with Crippen molar-refractivity contribution < 1.29 is 14.7 Å². The number of aromatic nitrogens is 1. The van der Waals surface area contributed by atoms with Crippen molar-refractivity contribution in [1.82, 2.24) is 14.8 Å². The average Bonchev–Trinajstić information content (AvgIpc) is 2.51. The van der Waals surface area contributed by atoms with E-state index in [1.54, 1.807) is 28.1 Å². The highest BCUT2D eigenvalue weighted by Gasteiger charge is 2.33. The van der Waals surface area contributed by atoms with Crippen LogP contribution >= 0.6 is 0 Å². The lowest BCUT2D eigenvalue weighted by atomic mass is 10.2. The number of aliphatic hydroxyl groups excluding tert-OH is 1. The summed E-state index contributed by atoms with van der Waals surface area (Å²) in [4.78, 5) is 32.9. The van der Waals surface area contributed by atoms with Crippen LogP contribution in [0.1, 0.15) is 10.4 Å². The van der Waals surface area contributed by atoms with Crippen LogP contribution in [0, 0.1) is 0 Å². The monoisotopic (exact) mass is 290 g/mol. The van der Waals surface area contributed by atoms with Gasteiger partial charge in [0.1, 0.15) is 5.82 Å². The van der Waals surface area contributed by atoms with Gasteiger partial charge in [-0.1, -0.05) is 0 Å². The summed E-state index contributed by atoms with van der Waals surface area (Å²) in [5.41, 5.74) is 0.572. The van der Waals surface area contributed by atoms with Crippen molar-refractivity contribution in [2.75, 3.05) is 44.2 Å². The minimum atomic E-state index is -0.376. The van der Waals surface area contributed by atoms with Gasteiger partial charge in [0, 0.05) is 32.4 Å². The third-order valence-electron chi connectivity index (χ3n) is 3.93. The van der Waals surface area contributed by atoms with Gasteiger partial charge >= 0.3 is 6.03 Å². The van der Waals surface area contributed by atoms with Crippen molar-refractivity contribution >= 4 is 18.1 Å². The van der Waals surface area contributed by atoms with E-state index >= 15 is 0 Å². The first kappa shape index (κ1) is 13.8. The SMILES string of the molecule is O=Cc1cccnc1N1CCN(C(=O)N2CC(O)C2)CC1. The van der Waals surface area contributed by atoms with E-state index in [1.807, 2.05) is 4.90 Å². The molecule has 0 spiro atoms. The molecule has 0 aromatic carbocycles. The first-order valence-corrected chi connectivity index (χ1v) is 7.06. The molecular formula is C14H18N4O3. The van der Waals surface area contributed by atoms with Crippen molar-refractivity contribution in [3.63, 3.8) is 0 Å². The summed E-state index contributed by atoms with van der Waals surface area (Å²) in [7, 11) is 0. The third-order valence-corrected chi connectivity index (χ3v) is 3.93. The summed E-state index contributed by atoms with van der Waals surface area (Å²) >= 11 is 0. The highest BCUT2D eigenvalue weighted by atomic mass is 16.3. The van der Waals surface area contributed by atoms with Crippen molar-refractivity contribution in [3.05, 3.63) is 23.9 Å². The molecule has 2 saturated heterocycles. The number of pyridine rings is 1. The van der Waals surface area contributed by atoms with Gasteiger partial charge in [-0.15, -0.1) is 0 Å². The van der Waals surface area contributed by atoms with Crippen LogP contribution in [-0.2, 0) is 0 Å². The zero-order valence-electron chi connectivity index (χ0n) is 11.7. The minimum absolute atomic E-state index is 0.0171. The van der Waals surface area contributed by atoms with E-state index in [9.17, 15) is 14.7 Å². The van der Waals surface area contributed by atoms with Crippen LogP contribution in [0.5, 0.6) is 0 Å². The number of likely N-dealkylation sites (tertiary alicyclic amines) is 1. The number of hydrogen-bond donors (Lipinski definition) is 1. The molecule has 7 heteroatoms. The molecule has 0 aliphatic carbocycles. The number of aliphatic hydroxyl groups is 1. The fourth-order valence-electron chi connectivity index (χ4n) is 2.69. The molecule has 21 heavy (non-hydrogen) atoms. The number of carbonyl (C=O) groups is 2. The molecule has 1 N–H and O–H groups in total. The Hall–Kier alpha value is -2.15. The molecular weight excluding hydrogens is 272 g/mol. The number of piperazine rings is 1. The van der Waals surface area contributed by atoms with Gasteiger partial charge in [0.15, 0.2) is 6.29 Å². The average molecular weight is 290 g/mol. The second kappa shape index (κ2) is 5.69. The highest BCUT2D eigenvalue weighted by molar-refractivity contribution is 5.83. The smallest absolute Gasteiger partial charge is 0.320 e. The van der Waals surface area contributed by atoms with Crippen molar-refractivity contribution in [2.45, 2.75) is 6.10 Å². The van der Waals surface area contributed by atoms with E-state index in [4.69, 9.17) is 0 Å². The van der Waals surface area contributed by atoms with Crippen LogP contribution in [0.2, 0.25) is 0 Å². The van der Waals surface area contributed by atoms with E-state index < -0.39 is 0 Å². The Morgan fingerprint density at radius 2 is 1.95 bits per heavy atom. The number of aldehydes is 1. The van der Waals surface area contributed by atoms with Crippen molar-refractivity contribution in [1.29, 1.82) is 0 Å². The Kier molecular flexibility index (Phi) is 3.74. The number of β-amino-alcohol motifs (C(OH)–C–C–N with tert-alkyl or cyclic N) is 1. The van der Waals surface area contributed by atoms with Gasteiger partial charge in [0.05, 0.1) is 24.8 Å². The maximum Gasteiger partial charge on any atom is 0.320 e. The Morgan fingerprint density at radius 3 is 2.57 bits per heavy atom. The van der Waals surface area contributed by atoms with Crippen LogP contribution in [-0.4, -0.2) is 77.6 Å². The van der Waals surface area contributed by atoms with Crippen LogP contribution in [0.15, 0.2) is 18.3 Å². The molecule has 3 heterocycles. The summed E-state index contributed by atoms with van der Waals surface area (Å²) in [5.74, 6) is 0.680. The van der Waals surface area contributed by atoms with E-state index in [1.165, 1.54) is 0 Å². The number of nitrogens with zero attached hydrogens (tertiary/aromatic N) is 4. The highest BCUT2D eigenvalue weighted by Crippen LogP contribution is 2.19. The summed E-state index contributed by atoms with van der Waals surface area (Å²) < 4.78 is 0. The lowest BCUT2D eigenvalue weighted by Gasteiger charge is -2.42. The summed E-state index contributed by atoms with van der Waals surface area (Å²) in [5, 5.41) is 9.25. The molecule has 2 aliphatic heterocycles. The van der Waals surface area contributed by atoms with Crippen LogP contribution in [0.4, 0.5) is 10.6 Å². The number of anilines is 1. The first-order chi connectivity index (χ1) is 10.2. The maximum atomic E-state index is 12.1. The number of carbonyl (C=O) groups excluding carboxylic acids is 2. The third kappa shape index (κ3) is 2.69. The lowest BCUT2D eigenvalue weighted by molar-refractivity contribution is 0.0145. The van der Waals surface area contributed by atoms with E-state index in [2.05, 4.69) is 4.98 Å². The van der Waals surface area contributed by atoms with Gasteiger partial charge in [-0.3, -0.25) is 4.79 Å². The minimum Gasteiger partial charge on any atom is -0.389 e. The van der Waals surface area contributed by atoms with E-state index in [0.29, 0.717) is 50.6 Å². The van der Waals surface area contributed by atoms with Gasteiger partial charge in [-0.25, -0.2) is 9.78 Å². The molecule has 0 unspecified atom stereocenters. The standard InChI is InChI=1S/C14H18N4O3/c19-10-11-2-1-3-15-13(11)16-4-6-17(7-5-16)14(21)18-8-12(20)9-18/h1-3,10,12,20H,4-9H2. The number of urea groups is 1. The fourth-order valence-corrected chi connectivity index (χ4v) is 2.69. The van der Waals surface area contributed by atoms with Crippen LogP contribution < -0.4 is 4.90 Å². The predicted molar refractivity (Wildman–Crippen MR) is 76.4 cm³/mol. The van der Waals surface area contributed by atoms with Crippen LogP contribution in [0.25, 0.3) is 0 Å². The topological polar surface area (TPSA) is 77.0 Å². The van der Waals surface area contributed by atoms with Gasteiger partial charge in [-0.05, 0) is 12.1 Å². The maximum absolute atomic E-state index is 12.1. The Balaban J connectivity index is 1.60. The number of amides is 2. The molecule has 0 saturated carbocycles. The molecule has 3 rings (SSSR count). The Bertz CT molecular complexity index is 537. The number of rotatable bonds is 2. The molecule has 7 nitrogen and oxygen atoms in total. The van der Waals surface area contributed by atoms with E-state index in [-0.39, 0.29) is 12.1 Å². The zero-order chi connectivity index (χ0) is 14.8. The number of hydrogen-bond acceptors (Lipinski definition) is 5. The zero-order valence-corrected chi connectivity index (χ0v) is 11.7. The second-order valence-electron chi connectivity index (χ2n) is 5.35. The molecule has 2 aliphatic rings. The molecule has 1 aromatic heterocycles. The fraction of sp³-hybridized carbons (Fsp3) is 0.500. The first-order valence-electron chi connectivity index (χ1n) is 7.06. The van der Waals surface area contributed by atoms with Gasteiger partial charge in [0.2, 0.25) is 0 Å². The normalized spacial score (nSPS) is 19.4. The quantitative estimate of drug-likeness (QED) is 0.764. The van der Waals surface area contributed by atoms with E-state index in [0.717, 1.165) is 6.29 Å². The molecule has 0 bridgehead atoms. The van der Waals surface area contributed by atoms with Gasteiger partial charge in [-0.2, -0.15) is 0 Å². The summed E-state index contributed by atoms with van der Waals surface area (Å²) in [6.45, 7) is 3.35. The van der Waals surface area contributed by atoms with Gasteiger partial charge in [0.25, 0.3) is 0 Å². The molecule has 0 radical (unpaired) electrons. The summed E-state index contributed by atoms with van der Waals surface area (Å²) in [6, 6.07) is 3.47. The van der Waals surface area contributed by atoms with Crippen molar-refractivity contribution in [2.24, 2.45) is 0 Å². The molecule has 2 fully saturated rings. The Morgan fingerprint density at radius 1 is 1.24 bits per heavy atom. The van der Waals surface area contributed by atoms with Gasteiger partial charge < -0.3 is 19.8 Å². The molecule has 2 amide bonds. The van der Waals surface area contributed by atoms with Crippen LogP contribution in [0.3, 0.4) is 0 Å². The molecule has 112 valence electrons.